The zero-order chi connectivity index (χ0) is 17.9. The van der Waals surface area contributed by atoms with Gasteiger partial charge in [-0.25, -0.2) is 4.98 Å². The Balaban J connectivity index is 1.45. The molecule has 1 amide bonds. The zero-order valence-electron chi connectivity index (χ0n) is 14.2. The molecule has 7 heteroatoms. The minimum atomic E-state index is -4.40. The summed E-state index contributed by atoms with van der Waals surface area (Å²) in [6.07, 6.45) is 3.76. The van der Waals surface area contributed by atoms with Crippen molar-refractivity contribution in [2.75, 3.05) is 18.0 Å². The number of nitrogens with one attached hydrogen (secondary N) is 1. The van der Waals surface area contributed by atoms with Gasteiger partial charge < -0.3 is 10.2 Å². The fourth-order valence-corrected chi connectivity index (χ4v) is 3.76. The van der Waals surface area contributed by atoms with Gasteiger partial charge in [0, 0.05) is 25.6 Å². The Morgan fingerprint density at radius 2 is 1.84 bits per heavy atom. The number of alkyl halides is 3. The number of aromatic nitrogens is 1. The Morgan fingerprint density at radius 3 is 2.40 bits per heavy atom. The third kappa shape index (κ3) is 4.86. The van der Waals surface area contributed by atoms with Gasteiger partial charge >= 0.3 is 6.18 Å². The minimum absolute atomic E-state index is 0.140. The van der Waals surface area contributed by atoms with Gasteiger partial charge in [-0.3, -0.25) is 4.79 Å². The summed E-state index contributed by atoms with van der Waals surface area (Å²) in [6.45, 7) is 1.49. The van der Waals surface area contributed by atoms with Crippen LogP contribution in [0.3, 0.4) is 0 Å². The van der Waals surface area contributed by atoms with E-state index in [1.54, 1.807) is 0 Å². The molecule has 1 N–H and O–H groups in total. The van der Waals surface area contributed by atoms with Crippen molar-refractivity contribution in [2.45, 2.75) is 57.2 Å². The van der Waals surface area contributed by atoms with Crippen LogP contribution in [0.15, 0.2) is 18.3 Å². The van der Waals surface area contributed by atoms with Crippen LogP contribution < -0.4 is 10.2 Å². The van der Waals surface area contributed by atoms with Crippen LogP contribution in [0.25, 0.3) is 0 Å². The Labute approximate surface area is 145 Å². The van der Waals surface area contributed by atoms with E-state index in [2.05, 4.69) is 10.3 Å². The molecule has 0 atom stereocenters. The molecule has 1 saturated heterocycles. The summed E-state index contributed by atoms with van der Waals surface area (Å²) in [7, 11) is 0. The number of halogens is 3. The third-order valence-electron chi connectivity index (χ3n) is 5.21. The lowest BCUT2D eigenvalue weighted by Crippen LogP contribution is -2.38. The van der Waals surface area contributed by atoms with E-state index in [9.17, 15) is 18.0 Å². The van der Waals surface area contributed by atoms with Crippen molar-refractivity contribution >= 4 is 11.6 Å². The van der Waals surface area contributed by atoms with E-state index in [0.717, 1.165) is 44.8 Å². The molecule has 1 saturated carbocycles. The molecular formula is C18H24F3N3O. The number of rotatable bonds is 4. The van der Waals surface area contributed by atoms with Crippen molar-refractivity contribution in [3.8, 4) is 0 Å². The van der Waals surface area contributed by atoms with E-state index in [1.807, 2.05) is 4.90 Å². The van der Waals surface area contributed by atoms with E-state index in [4.69, 9.17) is 0 Å². The summed E-state index contributed by atoms with van der Waals surface area (Å²) in [5, 5.41) is 3.12. The summed E-state index contributed by atoms with van der Waals surface area (Å²) in [4.78, 5) is 17.7. The second kappa shape index (κ2) is 7.62. The van der Waals surface area contributed by atoms with E-state index < -0.39 is 11.9 Å². The first-order valence-corrected chi connectivity index (χ1v) is 8.99. The maximum absolute atomic E-state index is 12.6. The summed E-state index contributed by atoms with van der Waals surface area (Å²) in [6, 6.07) is 2.85. The predicted octanol–water partition coefficient (Wildman–Crippen LogP) is 3.77. The predicted molar refractivity (Wildman–Crippen MR) is 89.2 cm³/mol. The molecule has 2 aliphatic rings. The molecule has 1 aliphatic carbocycles. The number of piperidine rings is 1. The standard InChI is InChI=1S/C18H24F3N3O/c19-18(20,21)16-6-5-15(12-22-16)24-9-7-13(8-10-24)11-17(25)23-14-3-1-2-4-14/h5-6,12-14H,1-4,7-11H2,(H,23,25). The van der Waals surface area contributed by atoms with Gasteiger partial charge in [0.25, 0.3) is 0 Å². The van der Waals surface area contributed by atoms with Gasteiger partial charge in [0.15, 0.2) is 0 Å². The van der Waals surface area contributed by atoms with Crippen LogP contribution in [0.4, 0.5) is 18.9 Å². The van der Waals surface area contributed by atoms with Crippen molar-refractivity contribution in [2.24, 2.45) is 5.92 Å². The van der Waals surface area contributed by atoms with Crippen LogP contribution in [-0.4, -0.2) is 30.0 Å². The van der Waals surface area contributed by atoms with Crippen LogP contribution >= 0.6 is 0 Å². The number of amides is 1. The maximum Gasteiger partial charge on any atom is 0.433 e. The highest BCUT2D eigenvalue weighted by atomic mass is 19.4. The highest BCUT2D eigenvalue weighted by Crippen LogP contribution is 2.30. The third-order valence-corrected chi connectivity index (χ3v) is 5.21. The fraction of sp³-hybridized carbons (Fsp3) is 0.667. The number of anilines is 1. The Bertz CT molecular complexity index is 574. The SMILES string of the molecule is O=C(CC1CCN(c2ccc(C(F)(F)F)nc2)CC1)NC1CCCC1. The number of carbonyl (C=O) groups is 1. The van der Waals surface area contributed by atoms with Crippen molar-refractivity contribution in [3.05, 3.63) is 24.0 Å². The molecule has 1 aromatic heterocycles. The van der Waals surface area contributed by atoms with Gasteiger partial charge in [0.2, 0.25) is 5.91 Å². The molecule has 0 unspecified atom stereocenters. The fourth-order valence-electron chi connectivity index (χ4n) is 3.76. The molecule has 0 aromatic carbocycles. The Kier molecular flexibility index (Phi) is 5.49. The molecule has 0 radical (unpaired) electrons. The molecule has 3 rings (SSSR count). The second-order valence-corrected chi connectivity index (χ2v) is 7.08. The van der Waals surface area contributed by atoms with Gasteiger partial charge in [0.1, 0.15) is 5.69 Å². The first kappa shape index (κ1) is 18.0. The lowest BCUT2D eigenvalue weighted by Gasteiger charge is -2.33. The largest absolute Gasteiger partial charge is 0.433 e. The molecule has 138 valence electrons. The number of pyridine rings is 1. The van der Waals surface area contributed by atoms with Crippen molar-refractivity contribution in [3.63, 3.8) is 0 Å². The minimum Gasteiger partial charge on any atom is -0.370 e. The molecule has 25 heavy (non-hydrogen) atoms. The molecule has 0 spiro atoms. The Hall–Kier alpha value is -1.79. The van der Waals surface area contributed by atoms with Gasteiger partial charge in [-0.05, 0) is 43.7 Å². The number of hydrogen-bond donors (Lipinski definition) is 1. The monoisotopic (exact) mass is 355 g/mol. The van der Waals surface area contributed by atoms with Crippen molar-refractivity contribution in [1.29, 1.82) is 0 Å². The summed E-state index contributed by atoms with van der Waals surface area (Å²) < 4.78 is 37.7. The number of nitrogens with zero attached hydrogens (tertiary/aromatic N) is 2. The van der Waals surface area contributed by atoms with Crippen LogP contribution in [0.2, 0.25) is 0 Å². The Morgan fingerprint density at radius 1 is 1.16 bits per heavy atom. The van der Waals surface area contributed by atoms with E-state index >= 15 is 0 Å². The highest BCUT2D eigenvalue weighted by molar-refractivity contribution is 5.76. The second-order valence-electron chi connectivity index (χ2n) is 7.08. The van der Waals surface area contributed by atoms with E-state index in [1.165, 1.54) is 25.1 Å². The molecule has 1 aromatic rings. The lowest BCUT2D eigenvalue weighted by atomic mass is 9.93. The van der Waals surface area contributed by atoms with Gasteiger partial charge in [0.05, 0.1) is 11.9 Å². The first-order chi connectivity index (χ1) is 11.9. The lowest BCUT2D eigenvalue weighted by molar-refractivity contribution is -0.141. The van der Waals surface area contributed by atoms with Crippen LogP contribution in [0.5, 0.6) is 0 Å². The van der Waals surface area contributed by atoms with E-state index in [0.29, 0.717) is 24.1 Å². The molecule has 2 fully saturated rings. The van der Waals surface area contributed by atoms with Crippen LogP contribution in [-0.2, 0) is 11.0 Å². The maximum atomic E-state index is 12.6. The van der Waals surface area contributed by atoms with Crippen molar-refractivity contribution in [1.82, 2.24) is 10.3 Å². The smallest absolute Gasteiger partial charge is 0.370 e. The molecular weight excluding hydrogens is 331 g/mol. The average Bonchev–Trinajstić information content (AvgIpc) is 3.08. The summed E-state index contributed by atoms with van der Waals surface area (Å²) in [5.74, 6) is 0.488. The molecule has 4 nitrogen and oxygen atoms in total. The zero-order valence-corrected chi connectivity index (χ0v) is 14.2. The van der Waals surface area contributed by atoms with E-state index in [-0.39, 0.29) is 5.91 Å². The number of hydrogen-bond acceptors (Lipinski definition) is 3. The normalized spacial score (nSPS) is 20.0. The van der Waals surface area contributed by atoms with Crippen molar-refractivity contribution < 1.29 is 18.0 Å². The molecule has 1 aliphatic heterocycles. The van der Waals surface area contributed by atoms with Gasteiger partial charge in [-0.1, -0.05) is 12.8 Å². The van der Waals surface area contributed by atoms with Gasteiger partial charge in [-0.2, -0.15) is 13.2 Å². The van der Waals surface area contributed by atoms with Crippen LogP contribution in [0, 0.1) is 5.92 Å². The molecule has 2 heterocycles. The summed E-state index contributed by atoms with van der Waals surface area (Å²) >= 11 is 0. The quantitative estimate of drug-likeness (QED) is 0.894. The topological polar surface area (TPSA) is 45.2 Å². The molecule has 0 bridgehead atoms. The van der Waals surface area contributed by atoms with Crippen LogP contribution in [0.1, 0.15) is 50.6 Å². The number of carbonyl (C=O) groups excluding carboxylic acids is 1. The average molecular weight is 355 g/mol. The van der Waals surface area contributed by atoms with Gasteiger partial charge in [-0.15, -0.1) is 0 Å². The highest BCUT2D eigenvalue weighted by Gasteiger charge is 2.32. The first-order valence-electron chi connectivity index (χ1n) is 8.99. The summed E-state index contributed by atoms with van der Waals surface area (Å²) in [5.41, 5.74) is -0.156.